The van der Waals surface area contributed by atoms with Gasteiger partial charge in [-0.25, -0.2) is 4.98 Å². The monoisotopic (exact) mass is 267 g/mol. The fraction of sp³-hybridized carbons (Fsp3) is 0.133. The van der Waals surface area contributed by atoms with Crippen LogP contribution in [0, 0.1) is 13.8 Å². The summed E-state index contributed by atoms with van der Waals surface area (Å²) < 4.78 is 5.22. The summed E-state index contributed by atoms with van der Waals surface area (Å²) in [5, 5.41) is 13.9. The molecule has 0 unspecified atom stereocenters. The quantitative estimate of drug-likeness (QED) is 0.772. The summed E-state index contributed by atoms with van der Waals surface area (Å²) in [5.74, 6) is 0.842. The van der Waals surface area contributed by atoms with Gasteiger partial charge in [0, 0.05) is 5.69 Å². The van der Waals surface area contributed by atoms with E-state index in [1.54, 1.807) is 6.07 Å². The minimum absolute atomic E-state index is 0.153. The summed E-state index contributed by atoms with van der Waals surface area (Å²) >= 11 is 0. The first-order valence-corrected chi connectivity index (χ1v) is 6.22. The smallest absolute Gasteiger partial charge is 0.262 e. The Bertz CT molecular complexity index is 765. The van der Waals surface area contributed by atoms with Gasteiger partial charge in [-0.2, -0.15) is 4.98 Å². The van der Waals surface area contributed by atoms with Crippen molar-refractivity contribution in [2.75, 3.05) is 0 Å². The van der Waals surface area contributed by atoms with Crippen molar-refractivity contribution in [3.05, 3.63) is 47.7 Å². The van der Waals surface area contributed by atoms with Gasteiger partial charge in [0.2, 0.25) is 5.82 Å². The topological polar surface area (TPSA) is 72.0 Å². The molecule has 0 saturated carbocycles. The molecule has 0 aliphatic rings. The molecule has 0 aliphatic carbocycles. The van der Waals surface area contributed by atoms with E-state index < -0.39 is 0 Å². The van der Waals surface area contributed by atoms with Crippen LogP contribution >= 0.6 is 0 Å². The van der Waals surface area contributed by atoms with Crippen LogP contribution in [0.4, 0.5) is 0 Å². The number of hydrogen-bond acceptors (Lipinski definition) is 5. The molecule has 20 heavy (non-hydrogen) atoms. The summed E-state index contributed by atoms with van der Waals surface area (Å²) in [6.45, 7) is 3.72. The van der Waals surface area contributed by atoms with E-state index in [9.17, 15) is 5.11 Å². The van der Waals surface area contributed by atoms with Crippen molar-refractivity contribution in [2.45, 2.75) is 13.8 Å². The van der Waals surface area contributed by atoms with Gasteiger partial charge >= 0.3 is 0 Å². The van der Waals surface area contributed by atoms with Gasteiger partial charge in [0.1, 0.15) is 11.4 Å². The number of nitrogens with zero attached hydrogens (tertiary/aromatic N) is 3. The molecule has 0 spiro atoms. The van der Waals surface area contributed by atoms with E-state index in [0.29, 0.717) is 17.1 Å². The summed E-state index contributed by atoms with van der Waals surface area (Å²) in [7, 11) is 0. The van der Waals surface area contributed by atoms with Crippen LogP contribution in [0.3, 0.4) is 0 Å². The zero-order chi connectivity index (χ0) is 14.1. The fourth-order valence-corrected chi connectivity index (χ4v) is 1.94. The molecule has 0 amide bonds. The number of hydrogen-bond donors (Lipinski definition) is 1. The number of rotatable bonds is 2. The number of para-hydroxylation sites is 1. The second-order valence-corrected chi connectivity index (χ2v) is 4.56. The Kier molecular flexibility index (Phi) is 2.95. The van der Waals surface area contributed by atoms with Gasteiger partial charge in [0.05, 0.1) is 5.56 Å². The highest BCUT2D eigenvalue weighted by Gasteiger charge is 2.15. The third-order valence-corrected chi connectivity index (χ3v) is 3.01. The van der Waals surface area contributed by atoms with Crippen molar-refractivity contribution in [2.24, 2.45) is 0 Å². The first kappa shape index (κ1) is 12.3. The SMILES string of the molecule is Cc1cccc(-c2noc(-c3cccc(C)c3O)n2)n1. The number of aromatic nitrogens is 3. The molecule has 0 aliphatic heterocycles. The molecule has 5 nitrogen and oxygen atoms in total. The Labute approximate surface area is 115 Å². The maximum absolute atomic E-state index is 10.0. The standard InChI is InChI=1S/C15H13N3O2/c1-9-5-3-7-11(13(9)19)15-17-14(18-20-15)12-8-4-6-10(2)16-12/h3-8,19H,1-2H3. The normalized spacial score (nSPS) is 10.7. The van der Waals surface area contributed by atoms with Crippen molar-refractivity contribution in [3.8, 4) is 28.7 Å². The highest BCUT2D eigenvalue weighted by atomic mass is 16.5. The lowest BCUT2D eigenvalue weighted by Crippen LogP contribution is -1.88. The van der Waals surface area contributed by atoms with Crippen molar-refractivity contribution < 1.29 is 9.63 Å². The molecule has 3 rings (SSSR count). The Balaban J connectivity index is 2.04. The van der Waals surface area contributed by atoms with Crippen LogP contribution < -0.4 is 0 Å². The molecule has 0 fully saturated rings. The Hall–Kier alpha value is -2.69. The summed E-state index contributed by atoms with van der Waals surface area (Å²) in [6, 6.07) is 11.0. The van der Waals surface area contributed by atoms with E-state index in [0.717, 1.165) is 11.3 Å². The van der Waals surface area contributed by atoms with Gasteiger partial charge in [0.15, 0.2) is 0 Å². The first-order valence-electron chi connectivity index (χ1n) is 6.22. The van der Waals surface area contributed by atoms with Gasteiger partial charge in [-0.1, -0.05) is 23.4 Å². The molecule has 1 N–H and O–H groups in total. The molecular formula is C15H13N3O2. The third-order valence-electron chi connectivity index (χ3n) is 3.01. The highest BCUT2D eigenvalue weighted by molar-refractivity contribution is 5.65. The van der Waals surface area contributed by atoms with Crippen LogP contribution in [0.2, 0.25) is 0 Å². The van der Waals surface area contributed by atoms with Crippen LogP contribution in [0.1, 0.15) is 11.3 Å². The molecule has 1 aromatic carbocycles. The molecule has 100 valence electrons. The minimum atomic E-state index is 0.153. The average molecular weight is 267 g/mol. The van der Waals surface area contributed by atoms with Crippen LogP contribution in [0.15, 0.2) is 40.9 Å². The first-order chi connectivity index (χ1) is 9.65. The summed E-state index contributed by atoms with van der Waals surface area (Å²) in [6.07, 6.45) is 0. The van der Waals surface area contributed by atoms with E-state index in [1.165, 1.54) is 0 Å². The Morgan fingerprint density at radius 1 is 1.00 bits per heavy atom. The number of aryl methyl sites for hydroxylation is 2. The zero-order valence-corrected chi connectivity index (χ0v) is 11.2. The van der Waals surface area contributed by atoms with Crippen LogP contribution in [-0.2, 0) is 0 Å². The van der Waals surface area contributed by atoms with Crippen LogP contribution in [0.25, 0.3) is 23.0 Å². The van der Waals surface area contributed by atoms with Crippen molar-refractivity contribution in [1.29, 1.82) is 0 Å². The summed E-state index contributed by atoms with van der Waals surface area (Å²) in [4.78, 5) is 8.64. The molecule has 5 heteroatoms. The highest BCUT2D eigenvalue weighted by Crippen LogP contribution is 2.31. The van der Waals surface area contributed by atoms with Crippen molar-refractivity contribution in [1.82, 2.24) is 15.1 Å². The second-order valence-electron chi connectivity index (χ2n) is 4.56. The maximum atomic E-state index is 10.0. The molecule has 0 bridgehead atoms. The van der Waals surface area contributed by atoms with E-state index in [4.69, 9.17) is 4.52 Å². The lowest BCUT2D eigenvalue weighted by atomic mass is 10.1. The molecular weight excluding hydrogens is 254 g/mol. The predicted molar refractivity (Wildman–Crippen MR) is 74.1 cm³/mol. The zero-order valence-electron chi connectivity index (χ0n) is 11.2. The van der Waals surface area contributed by atoms with Gasteiger partial charge in [-0.15, -0.1) is 0 Å². The molecule has 2 heterocycles. The van der Waals surface area contributed by atoms with Gasteiger partial charge in [0.25, 0.3) is 5.89 Å². The second kappa shape index (κ2) is 4.77. The van der Waals surface area contributed by atoms with Crippen molar-refractivity contribution in [3.63, 3.8) is 0 Å². The Morgan fingerprint density at radius 2 is 1.80 bits per heavy atom. The number of benzene rings is 1. The van der Waals surface area contributed by atoms with E-state index in [-0.39, 0.29) is 11.6 Å². The number of pyridine rings is 1. The van der Waals surface area contributed by atoms with E-state index >= 15 is 0 Å². The largest absolute Gasteiger partial charge is 0.507 e. The lowest BCUT2D eigenvalue weighted by molar-refractivity contribution is 0.425. The molecule has 2 aromatic heterocycles. The molecule has 0 saturated heterocycles. The van der Waals surface area contributed by atoms with E-state index in [1.807, 2.05) is 44.2 Å². The molecule has 0 radical (unpaired) electrons. The maximum Gasteiger partial charge on any atom is 0.262 e. The number of aromatic hydroxyl groups is 1. The minimum Gasteiger partial charge on any atom is -0.507 e. The fourth-order valence-electron chi connectivity index (χ4n) is 1.94. The van der Waals surface area contributed by atoms with E-state index in [2.05, 4.69) is 15.1 Å². The van der Waals surface area contributed by atoms with Crippen LogP contribution in [-0.4, -0.2) is 20.2 Å². The van der Waals surface area contributed by atoms with Gasteiger partial charge < -0.3 is 9.63 Å². The lowest BCUT2D eigenvalue weighted by Gasteiger charge is -2.01. The average Bonchev–Trinajstić information content (AvgIpc) is 2.91. The van der Waals surface area contributed by atoms with Crippen molar-refractivity contribution >= 4 is 0 Å². The van der Waals surface area contributed by atoms with Gasteiger partial charge in [-0.05, 0) is 37.6 Å². The molecule has 0 atom stereocenters. The van der Waals surface area contributed by atoms with Crippen LogP contribution in [0.5, 0.6) is 5.75 Å². The van der Waals surface area contributed by atoms with Gasteiger partial charge in [-0.3, -0.25) is 0 Å². The number of phenolic OH excluding ortho intramolecular Hbond substituents is 1. The third kappa shape index (κ3) is 2.14. The summed E-state index contributed by atoms with van der Waals surface area (Å²) in [5.41, 5.74) is 2.81. The predicted octanol–water partition coefficient (Wildman–Crippen LogP) is 3.12. The Morgan fingerprint density at radius 3 is 2.60 bits per heavy atom. The number of phenols is 1. The molecule has 3 aromatic rings.